The summed E-state index contributed by atoms with van der Waals surface area (Å²) in [5, 5.41) is 4.35. The number of nitrogens with zero attached hydrogens (tertiary/aromatic N) is 2. The number of alkyl halides is 1. The molecule has 0 N–H and O–H groups in total. The Morgan fingerprint density at radius 2 is 2.12 bits per heavy atom. The van der Waals surface area contributed by atoms with Crippen LogP contribution < -0.4 is 0 Å². The monoisotopic (exact) mass is 286 g/mol. The summed E-state index contributed by atoms with van der Waals surface area (Å²) < 4.78 is 2.04. The normalized spacial score (nSPS) is 14.1. The molecule has 0 bridgehead atoms. The Bertz CT molecular complexity index is 312. The van der Waals surface area contributed by atoms with E-state index in [0.29, 0.717) is 10.2 Å². The van der Waals surface area contributed by atoms with Crippen molar-refractivity contribution < 1.29 is 0 Å². The van der Waals surface area contributed by atoms with E-state index in [4.69, 9.17) is 0 Å². The molecule has 1 aromatic heterocycles. The molecule has 0 radical (unpaired) electrons. The lowest BCUT2D eigenvalue weighted by molar-refractivity contribution is 0.386. The summed E-state index contributed by atoms with van der Waals surface area (Å²) in [6, 6.07) is 0. The molecule has 0 aromatic carbocycles. The van der Waals surface area contributed by atoms with Gasteiger partial charge in [-0.05, 0) is 30.2 Å². The first-order valence-electron chi connectivity index (χ1n) is 6.09. The number of hydrogen-bond donors (Lipinski definition) is 0. The molecule has 2 nitrogen and oxygen atoms in total. The molecule has 0 aliphatic heterocycles. The third kappa shape index (κ3) is 4.28. The zero-order chi connectivity index (χ0) is 12.2. The van der Waals surface area contributed by atoms with Gasteiger partial charge < -0.3 is 0 Å². The van der Waals surface area contributed by atoms with E-state index in [2.05, 4.69) is 54.9 Å². The van der Waals surface area contributed by atoms with Gasteiger partial charge in [0.2, 0.25) is 0 Å². The van der Waals surface area contributed by atoms with Gasteiger partial charge in [-0.15, -0.1) is 0 Å². The summed E-state index contributed by atoms with van der Waals surface area (Å²) in [6.45, 7) is 10.0. The van der Waals surface area contributed by atoms with Crippen LogP contribution in [0.15, 0.2) is 12.4 Å². The molecular formula is C13H23BrN2. The molecule has 0 amide bonds. The van der Waals surface area contributed by atoms with E-state index in [1.165, 1.54) is 12.0 Å². The van der Waals surface area contributed by atoms with E-state index in [-0.39, 0.29) is 0 Å². The third-order valence-corrected chi connectivity index (χ3v) is 4.60. The van der Waals surface area contributed by atoms with E-state index < -0.39 is 0 Å². The Kier molecular flexibility index (Phi) is 5.03. The van der Waals surface area contributed by atoms with Gasteiger partial charge in [-0.3, -0.25) is 4.68 Å². The van der Waals surface area contributed by atoms with Crippen LogP contribution >= 0.6 is 15.9 Å². The van der Waals surface area contributed by atoms with Crippen molar-refractivity contribution in [2.24, 2.45) is 5.41 Å². The first kappa shape index (κ1) is 13.8. The minimum atomic E-state index is 0.333. The topological polar surface area (TPSA) is 17.8 Å². The lowest BCUT2D eigenvalue weighted by Gasteiger charge is -2.25. The first-order chi connectivity index (χ1) is 7.43. The third-order valence-electron chi connectivity index (χ3n) is 2.77. The molecule has 0 aliphatic carbocycles. The molecule has 0 aliphatic rings. The summed E-state index contributed by atoms with van der Waals surface area (Å²) in [6.07, 6.45) is 7.59. The Morgan fingerprint density at radius 1 is 1.44 bits per heavy atom. The van der Waals surface area contributed by atoms with Crippen molar-refractivity contribution in [1.29, 1.82) is 0 Å². The minimum absolute atomic E-state index is 0.333. The first-order valence-corrected chi connectivity index (χ1v) is 7.00. The van der Waals surface area contributed by atoms with Gasteiger partial charge in [-0.1, -0.05) is 43.6 Å². The minimum Gasteiger partial charge on any atom is -0.272 e. The zero-order valence-electron chi connectivity index (χ0n) is 10.8. The number of rotatable bonds is 5. The van der Waals surface area contributed by atoms with Gasteiger partial charge in [0.15, 0.2) is 0 Å². The SMILES string of the molecule is CCCn1cc(CCC(Br)C(C)(C)C)cn1. The van der Waals surface area contributed by atoms with Crippen molar-refractivity contribution in [2.75, 3.05) is 0 Å². The van der Waals surface area contributed by atoms with Crippen LogP contribution in [0, 0.1) is 5.41 Å². The van der Waals surface area contributed by atoms with Crippen molar-refractivity contribution in [3.05, 3.63) is 18.0 Å². The van der Waals surface area contributed by atoms with Gasteiger partial charge in [0.25, 0.3) is 0 Å². The highest BCUT2D eigenvalue weighted by atomic mass is 79.9. The molecule has 1 atom stereocenters. The molecule has 0 saturated carbocycles. The molecule has 1 aromatic rings. The average molecular weight is 287 g/mol. The summed E-state index contributed by atoms with van der Waals surface area (Å²) >= 11 is 3.77. The maximum atomic E-state index is 4.35. The van der Waals surface area contributed by atoms with Gasteiger partial charge in [-0.2, -0.15) is 5.10 Å². The Morgan fingerprint density at radius 3 is 2.69 bits per heavy atom. The lowest BCUT2D eigenvalue weighted by Crippen LogP contribution is -2.20. The summed E-state index contributed by atoms with van der Waals surface area (Å²) in [5.41, 5.74) is 1.68. The highest BCUT2D eigenvalue weighted by Gasteiger charge is 2.21. The fourth-order valence-electron chi connectivity index (χ4n) is 1.61. The van der Waals surface area contributed by atoms with Crippen molar-refractivity contribution >= 4 is 15.9 Å². The molecule has 92 valence electrons. The maximum absolute atomic E-state index is 4.35. The standard InChI is InChI=1S/C13H23BrN2/c1-5-8-16-10-11(9-15-16)6-7-12(14)13(2,3)4/h9-10,12H,5-8H2,1-4H3. The molecule has 1 unspecified atom stereocenters. The molecule has 1 rings (SSSR count). The average Bonchev–Trinajstić information content (AvgIpc) is 2.61. The molecule has 1 heterocycles. The smallest absolute Gasteiger partial charge is 0.0521 e. The predicted octanol–water partition coefficient (Wildman–Crippen LogP) is 4.04. The number of hydrogen-bond acceptors (Lipinski definition) is 1. The van der Waals surface area contributed by atoms with E-state index in [1.54, 1.807) is 0 Å². The van der Waals surface area contributed by atoms with Crippen LogP contribution in [-0.2, 0) is 13.0 Å². The second-order valence-corrected chi connectivity index (χ2v) is 6.59. The Labute approximate surface area is 108 Å². The quantitative estimate of drug-likeness (QED) is 0.747. The van der Waals surface area contributed by atoms with Gasteiger partial charge in [-0.25, -0.2) is 0 Å². The molecular weight excluding hydrogens is 264 g/mol. The number of halogens is 1. The van der Waals surface area contributed by atoms with E-state index in [1.807, 2.05) is 10.9 Å². The van der Waals surface area contributed by atoms with Crippen LogP contribution in [0.1, 0.15) is 46.1 Å². The van der Waals surface area contributed by atoms with Crippen LogP contribution in [0.4, 0.5) is 0 Å². The Balaban J connectivity index is 2.42. The van der Waals surface area contributed by atoms with E-state index in [9.17, 15) is 0 Å². The van der Waals surface area contributed by atoms with Gasteiger partial charge in [0.05, 0.1) is 6.20 Å². The molecule has 0 spiro atoms. The van der Waals surface area contributed by atoms with Crippen LogP contribution in [0.5, 0.6) is 0 Å². The molecule has 16 heavy (non-hydrogen) atoms. The van der Waals surface area contributed by atoms with Gasteiger partial charge >= 0.3 is 0 Å². The van der Waals surface area contributed by atoms with Gasteiger partial charge in [0, 0.05) is 17.6 Å². The molecule has 0 saturated heterocycles. The number of aromatic nitrogens is 2. The largest absolute Gasteiger partial charge is 0.272 e. The summed E-state index contributed by atoms with van der Waals surface area (Å²) in [7, 11) is 0. The van der Waals surface area contributed by atoms with Gasteiger partial charge in [0.1, 0.15) is 0 Å². The Hall–Kier alpha value is -0.310. The van der Waals surface area contributed by atoms with Crippen LogP contribution in [0.3, 0.4) is 0 Å². The fourth-order valence-corrected chi connectivity index (χ4v) is 1.84. The summed E-state index contributed by atoms with van der Waals surface area (Å²) in [5.74, 6) is 0. The second-order valence-electron chi connectivity index (χ2n) is 5.48. The van der Waals surface area contributed by atoms with Crippen LogP contribution in [-0.4, -0.2) is 14.6 Å². The fraction of sp³-hybridized carbons (Fsp3) is 0.769. The van der Waals surface area contributed by atoms with Crippen molar-refractivity contribution in [3.8, 4) is 0 Å². The van der Waals surface area contributed by atoms with Crippen LogP contribution in [0.2, 0.25) is 0 Å². The van der Waals surface area contributed by atoms with Crippen molar-refractivity contribution in [1.82, 2.24) is 9.78 Å². The lowest BCUT2D eigenvalue weighted by atomic mass is 9.89. The van der Waals surface area contributed by atoms with Crippen molar-refractivity contribution in [3.63, 3.8) is 0 Å². The summed E-state index contributed by atoms with van der Waals surface area (Å²) in [4.78, 5) is 0.564. The molecule has 0 fully saturated rings. The second kappa shape index (κ2) is 5.85. The highest BCUT2D eigenvalue weighted by molar-refractivity contribution is 9.09. The van der Waals surface area contributed by atoms with Crippen LogP contribution in [0.25, 0.3) is 0 Å². The predicted molar refractivity (Wildman–Crippen MR) is 73.0 cm³/mol. The highest BCUT2D eigenvalue weighted by Crippen LogP contribution is 2.29. The van der Waals surface area contributed by atoms with E-state index in [0.717, 1.165) is 19.4 Å². The van der Waals surface area contributed by atoms with E-state index >= 15 is 0 Å². The molecule has 3 heteroatoms. The number of aryl methyl sites for hydroxylation is 2. The maximum Gasteiger partial charge on any atom is 0.0521 e. The zero-order valence-corrected chi connectivity index (χ0v) is 12.4. The van der Waals surface area contributed by atoms with Crippen molar-refractivity contribution in [2.45, 2.75) is 58.3 Å².